The Morgan fingerprint density at radius 3 is 2.89 bits per heavy atom. The summed E-state index contributed by atoms with van der Waals surface area (Å²) in [6.45, 7) is 0.491. The van der Waals surface area contributed by atoms with Gasteiger partial charge in [0.15, 0.2) is 0 Å². The van der Waals surface area contributed by atoms with Crippen LogP contribution in [0.1, 0.15) is 29.6 Å². The van der Waals surface area contributed by atoms with Gasteiger partial charge in [0.2, 0.25) is 0 Å². The molecule has 1 aliphatic carbocycles. The molecule has 0 spiro atoms. The molecule has 2 unspecified atom stereocenters. The third-order valence-electron chi connectivity index (χ3n) is 3.24. The van der Waals surface area contributed by atoms with Crippen LogP contribution in [-0.2, 0) is 0 Å². The molecule has 0 aliphatic heterocycles. The van der Waals surface area contributed by atoms with Gasteiger partial charge in [0, 0.05) is 11.0 Å². The summed E-state index contributed by atoms with van der Waals surface area (Å²) < 4.78 is 14.1. The largest absolute Gasteiger partial charge is 0.393 e. The lowest BCUT2D eigenvalue weighted by Crippen LogP contribution is -2.29. The Balaban J connectivity index is 1.91. The lowest BCUT2D eigenvalue weighted by molar-refractivity contribution is 0.0941. The molecular weight excluding hydrogens is 301 g/mol. The SMILES string of the molecule is O=C(NCC1CCC(O)C1)c1ccc(Br)cc1F. The lowest BCUT2D eigenvalue weighted by Gasteiger charge is -2.11. The van der Waals surface area contributed by atoms with Gasteiger partial charge in [-0.2, -0.15) is 0 Å². The summed E-state index contributed by atoms with van der Waals surface area (Å²) in [6, 6.07) is 4.36. The molecule has 5 heteroatoms. The van der Waals surface area contributed by atoms with Gasteiger partial charge in [-0.15, -0.1) is 0 Å². The highest BCUT2D eigenvalue weighted by atomic mass is 79.9. The number of rotatable bonds is 3. The smallest absolute Gasteiger partial charge is 0.254 e. The zero-order valence-corrected chi connectivity index (χ0v) is 11.4. The second-order valence-electron chi connectivity index (χ2n) is 4.67. The Bertz CT molecular complexity index is 453. The molecule has 1 aromatic rings. The molecule has 2 rings (SSSR count). The van der Waals surface area contributed by atoms with Crippen LogP contribution in [0.15, 0.2) is 22.7 Å². The van der Waals surface area contributed by atoms with Crippen LogP contribution in [0.25, 0.3) is 0 Å². The van der Waals surface area contributed by atoms with Crippen molar-refractivity contribution in [3.63, 3.8) is 0 Å². The molecule has 18 heavy (non-hydrogen) atoms. The molecule has 1 fully saturated rings. The number of benzene rings is 1. The molecular formula is C13H15BrFNO2. The molecule has 0 saturated heterocycles. The van der Waals surface area contributed by atoms with Gasteiger partial charge in [-0.05, 0) is 43.4 Å². The van der Waals surface area contributed by atoms with Crippen LogP contribution in [0.4, 0.5) is 4.39 Å². The summed E-state index contributed by atoms with van der Waals surface area (Å²) in [5.74, 6) is -0.641. The molecule has 1 amide bonds. The molecule has 3 nitrogen and oxygen atoms in total. The van der Waals surface area contributed by atoms with Crippen LogP contribution >= 0.6 is 15.9 Å². The Morgan fingerprint density at radius 1 is 1.50 bits per heavy atom. The topological polar surface area (TPSA) is 49.3 Å². The number of hydrogen-bond acceptors (Lipinski definition) is 2. The minimum absolute atomic E-state index is 0.0525. The van der Waals surface area contributed by atoms with Crippen LogP contribution < -0.4 is 5.32 Å². The van der Waals surface area contributed by atoms with E-state index in [1.165, 1.54) is 12.1 Å². The van der Waals surface area contributed by atoms with E-state index in [2.05, 4.69) is 21.2 Å². The summed E-state index contributed by atoms with van der Waals surface area (Å²) >= 11 is 3.15. The van der Waals surface area contributed by atoms with Gasteiger partial charge in [-0.25, -0.2) is 4.39 Å². The van der Waals surface area contributed by atoms with Crippen molar-refractivity contribution in [2.45, 2.75) is 25.4 Å². The Hall–Kier alpha value is -0.940. The van der Waals surface area contributed by atoms with Gasteiger partial charge < -0.3 is 10.4 Å². The molecule has 2 atom stereocenters. The van der Waals surface area contributed by atoms with E-state index in [0.717, 1.165) is 12.8 Å². The van der Waals surface area contributed by atoms with Crippen molar-refractivity contribution >= 4 is 21.8 Å². The van der Waals surface area contributed by atoms with Crippen LogP contribution in [-0.4, -0.2) is 23.7 Å². The van der Waals surface area contributed by atoms with Crippen molar-refractivity contribution in [1.82, 2.24) is 5.32 Å². The number of amides is 1. The van der Waals surface area contributed by atoms with Gasteiger partial charge in [0.1, 0.15) is 5.82 Å². The second-order valence-corrected chi connectivity index (χ2v) is 5.58. The van der Waals surface area contributed by atoms with Crippen LogP contribution in [0.2, 0.25) is 0 Å². The first-order valence-corrected chi connectivity index (χ1v) is 6.77. The number of carbonyl (C=O) groups excluding carboxylic acids is 1. The number of hydrogen-bond donors (Lipinski definition) is 2. The van der Waals surface area contributed by atoms with Crippen LogP contribution in [0.3, 0.4) is 0 Å². The van der Waals surface area contributed by atoms with Gasteiger partial charge in [-0.1, -0.05) is 15.9 Å². The monoisotopic (exact) mass is 315 g/mol. The van der Waals surface area contributed by atoms with Gasteiger partial charge in [0.05, 0.1) is 11.7 Å². The van der Waals surface area contributed by atoms with Gasteiger partial charge in [-0.3, -0.25) is 4.79 Å². The third kappa shape index (κ3) is 3.29. The molecule has 0 heterocycles. The first-order chi connectivity index (χ1) is 8.56. The van der Waals surface area contributed by atoms with Crippen molar-refractivity contribution in [1.29, 1.82) is 0 Å². The minimum Gasteiger partial charge on any atom is -0.393 e. The quantitative estimate of drug-likeness (QED) is 0.900. The van der Waals surface area contributed by atoms with Gasteiger partial charge in [0.25, 0.3) is 5.91 Å². The predicted octanol–water partition coefficient (Wildman–Crippen LogP) is 2.48. The minimum atomic E-state index is -0.534. The standard InChI is InChI=1S/C13H15BrFNO2/c14-9-2-4-11(12(15)6-9)13(18)16-7-8-1-3-10(17)5-8/h2,4,6,8,10,17H,1,3,5,7H2,(H,16,18). The Kier molecular flexibility index (Phi) is 4.35. The predicted molar refractivity (Wildman–Crippen MR) is 69.8 cm³/mol. The van der Waals surface area contributed by atoms with E-state index in [-0.39, 0.29) is 11.7 Å². The fraction of sp³-hybridized carbons (Fsp3) is 0.462. The number of aliphatic hydroxyl groups excluding tert-OH is 1. The summed E-state index contributed by atoms with van der Waals surface area (Å²) in [6.07, 6.45) is 2.15. The summed E-state index contributed by atoms with van der Waals surface area (Å²) in [5.41, 5.74) is 0.0525. The Morgan fingerprint density at radius 2 is 2.28 bits per heavy atom. The van der Waals surface area contributed by atoms with E-state index >= 15 is 0 Å². The van der Waals surface area contributed by atoms with Crippen LogP contribution in [0.5, 0.6) is 0 Å². The maximum Gasteiger partial charge on any atom is 0.254 e. The summed E-state index contributed by atoms with van der Waals surface area (Å²) in [5, 5.41) is 12.1. The zero-order valence-electron chi connectivity index (χ0n) is 9.83. The molecule has 1 aromatic carbocycles. The van der Waals surface area contributed by atoms with Crippen molar-refractivity contribution in [3.8, 4) is 0 Å². The number of nitrogens with one attached hydrogen (secondary N) is 1. The van der Waals surface area contributed by atoms with Crippen molar-refractivity contribution in [2.24, 2.45) is 5.92 Å². The maximum absolute atomic E-state index is 13.5. The van der Waals surface area contributed by atoms with E-state index < -0.39 is 11.7 Å². The molecule has 1 aliphatic rings. The number of carbonyl (C=O) groups is 1. The van der Waals surface area contributed by atoms with E-state index in [0.29, 0.717) is 23.4 Å². The average molecular weight is 316 g/mol. The summed E-state index contributed by atoms with van der Waals surface area (Å²) in [4.78, 5) is 11.8. The highest BCUT2D eigenvalue weighted by Gasteiger charge is 2.23. The number of halogens is 2. The summed E-state index contributed by atoms with van der Waals surface area (Å²) in [7, 11) is 0. The molecule has 98 valence electrons. The molecule has 1 saturated carbocycles. The fourth-order valence-electron chi connectivity index (χ4n) is 2.24. The van der Waals surface area contributed by atoms with E-state index in [9.17, 15) is 14.3 Å². The van der Waals surface area contributed by atoms with Gasteiger partial charge >= 0.3 is 0 Å². The molecule has 0 radical (unpaired) electrons. The second kappa shape index (κ2) is 5.80. The average Bonchev–Trinajstić information content (AvgIpc) is 2.72. The molecule has 0 aromatic heterocycles. The maximum atomic E-state index is 13.5. The highest BCUT2D eigenvalue weighted by Crippen LogP contribution is 2.24. The third-order valence-corrected chi connectivity index (χ3v) is 3.73. The zero-order chi connectivity index (χ0) is 13.1. The van der Waals surface area contributed by atoms with Crippen molar-refractivity contribution in [3.05, 3.63) is 34.1 Å². The Labute approximate surface area is 114 Å². The normalized spacial score (nSPS) is 23.1. The first-order valence-electron chi connectivity index (χ1n) is 5.97. The fourth-order valence-corrected chi connectivity index (χ4v) is 2.57. The number of aliphatic hydroxyl groups is 1. The molecule has 2 N–H and O–H groups in total. The van der Waals surface area contributed by atoms with E-state index in [4.69, 9.17) is 0 Å². The molecule has 0 bridgehead atoms. The lowest BCUT2D eigenvalue weighted by atomic mass is 10.1. The first kappa shape index (κ1) is 13.5. The van der Waals surface area contributed by atoms with Crippen molar-refractivity contribution < 1.29 is 14.3 Å². The highest BCUT2D eigenvalue weighted by molar-refractivity contribution is 9.10. The van der Waals surface area contributed by atoms with Crippen LogP contribution in [0, 0.1) is 11.7 Å². The van der Waals surface area contributed by atoms with Crippen molar-refractivity contribution in [2.75, 3.05) is 6.54 Å². The van der Waals surface area contributed by atoms with E-state index in [1.54, 1.807) is 6.07 Å². The van der Waals surface area contributed by atoms with E-state index in [1.807, 2.05) is 0 Å².